The largest absolute Gasteiger partial charge is 0.463 e. The monoisotopic (exact) mass is 172 g/mol. The van der Waals surface area contributed by atoms with E-state index in [1.54, 1.807) is 0 Å². The molecule has 0 radical (unpaired) electrons. The summed E-state index contributed by atoms with van der Waals surface area (Å²) in [6.07, 6.45) is 1.50. The van der Waals surface area contributed by atoms with E-state index in [1.165, 1.54) is 0 Å². The molecule has 0 amide bonds. The van der Waals surface area contributed by atoms with Crippen molar-refractivity contribution in [2.45, 2.75) is 32.8 Å². The Morgan fingerprint density at radius 3 is 2.92 bits per heavy atom. The van der Waals surface area contributed by atoms with Gasteiger partial charge in [0, 0.05) is 6.61 Å². The average molecular weight is 172 g/mol. The minimum Gasteiger partial charge on any atom is -0.463 e. The Labute approximate surface area is 73.0 Å². The Bertz CT molecular complexity index is 148. The molecule has 1 rings (SSSR count). The zero-order valence-corrected chi connectivity index (χ0v) is 7.71. The third-order valence-corrected chi connectivity index (χ3v) is 1.75. The van der Waals surface area contributed by atoms with Crippen LogP contribution >= 0.6 is 0 Å². The fraction of sp³-hybridized carbons (Fsp3) is 0.889. The van der Waals surface area contributed by atoms with Gasteiger partial charge in [-0.2, -0.15) is 0 Å². The Kier molecular flexibility index (Phi) is 3.53. The lowest BCUT2D eigenvalue weighted by molar-refractivity contribution is -0.155. The number of hydrogen-bond donors (Lipinski definition) is 0. The molecule has 3 nitrogen and oxygen atoms in total. The fourth-order valence-electron chi connectivity index (χ4n) is 1.11. The maximum Gasteiger partial charge on any atom is 0.335 e. The minimum atomic E-state index is -0.288. The van der Waals surface area contributed by atoms with Crippen LogP contribution in [0.3, 0.4) is 0 Å². The zero-order chi connectivity index (χ0) is 8.97. The van der Waals surface area contributed by atoms with E-state index in [9.17, 15) is 4.79 Å². The van der Waals surface area contributed by atoms with Gasteiger partial charge in [-0.3, -0.25) is 0 Å². The van der Waals surface area contributed by atoms with Crippen LogP contribution in [0.5, 0.6) is 0 Å². The first-order valence-corrected chi connectivity index (χ1v) is 4.48. The summed E-state index contributed by atoms with van der Waals surface area (Å²) in [6, 6.07) is 0. The SMILES string of the molecule is CC(C)COC(=O)[C@@H]1CCCO1. The van der Waals surface area contributed by atoms with E-state index in [1.807, 2.05) is 13.8 Å². The standard InChI is InChI=1S/C9H16O3/c1-7(2)6-12-9(10)8-4-3-5-11-8/h7-8H,3-6H2,1-2H3/t8-/m0/s1. The highest BCUT2D eigenvalue weighted by Crippen LogP contribution is 2.13. The van der Waals surface area contributed by atoms with E-state index in [2.05, 4.69) is 0 Å². The molecule has 0 aromatic heterocycles. The zero-order valence-electron chi connectivity index (χ0n) is 7.71. The van der Waals surface area contributed by atoms with Crippen LogP contribution in [0.4, 0.5) is 0 Å². The molecule has 12 heavy (non-hydrogen) atoms. The molecule has 0 aliphatic carbocycles. The van der Waals surface area contributed by atoms with Crippen molar-refractivity contribution in [2.75, 3.05) is 13.2 Å². The summed E-state index contributed by atoms with van der Waals surface area (Å²) in [6.45, 7) is 5.23. The summed E-state index contributed by atoms with van der Waals surface area (Å²) < 4.78 is 10.2. The van der Waals surface area contributed by atoms with Crippen LogP contribution in [0.15, 0.2) is 0 Å². The molecule has 0 aromatic rings. The molecule has 1 heterocycles. The van der Waals surface area contributed by atoms with E-state index in [0.29, 0.717) is 19.1 Å². The highest BCUT2D eigenvalue weighted by Gasteiger charge is 2.24. The molecule has 3 heteroatoms. The van der Waals surface area contributed by atoms with Gasteiger partial charge in [0.1, 0.15) is 0 Å². The molecular weight excluding hydrogens is 156 g/mol. The lowest BCUT2D eigenvalue weighted by atomic mass is 10.2. The van der Waals surface area contributed by atoms with Crippen molar-refractivity contribution < 1.29 is 14.3 Å². The summed E-state index contributed by atoms with van der Waals surface area (Å²) in [7, 11) is 0. The van der Waals surface area contributed by atoms with Gasteiger partial charge in [-0.25, -0.2) is 4.79 Å². The van der Waals surface area contributed by atoms with Crippen molar-refractivity contribution >= 4 is 5.97 Å². The fourth-order valence-corrected chi connectivity index (χ4v) is 1.11. The summed E-state index contributed by atoms with van der Waals surface area (Å²) >= 11 is 0. The van der Waals surface area contributed by atoms with E-state index in [-0.39, 0.29) is 12.1 Å². The second kappa shape index (κ2) is 4.45. The van der Waals surface area contributed by atoms with Crippen LogP contribution in [0.25, 0.3) is 0 Å². The van der Waals surface area contributed by atoms with Crippen molar-refractivity contribution in [2.24, 2.45) is 5.92 Å². The predicted octanol–water partition coefficient (Wildman–Crippen LogP) is 1.36. The maximum absolute atomic E-state index is 11.2. The average Bonchev–Trinajstić information content (AvgIpc) is 2.51. The van der Waals surface area contributed by atoms with Gasteiger partial charge in [0.2, 0.25) is 0 Å². The van der Waals surface area contributed by atoms with Gasteiger partial charge >= 0.3 is 5.97 Å². The number of carbonyl (C=O) groups is 1. The van der Waals surface area contributed by atoms with Crippen molar-refractivity contribution in [3.63, 3.8) is 0 Å². The molecule has 0 unspecified atom stereocenters. The number of esters is 1. The second-order valence-corrected chi connectivity index (χ2v) is 3.53. The summed E-state index contributed by atoms with van der Waals surface area (Å²) in [5, 5.41) is 0. The van der Waals surface area contributed by atoms with Gasteiger partial charge in [0.05, 0.1) is 6.61 Å². The van der Waals surface area contributed by atoms with Gasteiger partial charge in [-0.1, -0.05) is 13.8 Å². The van der Waals surface area contributed by atoms with Crippen LogP contribution in [0.2, 0.25) is 0 Å². The first kappa shape index (κ1) is 9.52. The number of carbonyl (C=O) groups excluding carboxylic acids is 1. The molecule has 1 atom stereocenters. The molecule has 0 saturated carbocycles. The number of ether oxygens (including phenoxy) is 2. The lowest BCUT2D eigenvalue weighted by Crippen LogP contribution is -2.23. The Morgan fingerprint density at radius 2 is 2.42 bits per heavy atom. The first-order chi connectivity index (χ1) is 5.70. The molecule has 0 N–H and O–H groups in total. The Morgan fingerprint density at radius 1 is 1.67 bits per heavy atom. The molecule has 0 aromatic carbocycles. The maximum atomic E-state index is 11.2. The molecule has 0 bridgehead atoms. The molecule has 0 spiro atoms. The van der Waals surface area contributed by atoms with Gasteiger partial charge in [0.15, 0.2) is 6.10 Å². The van der Waals surface area contributed by atoms with Crippen molar-refractivity contribution in [3.8, 4) is 0 Å². The van der Waals surface area contributed by atoms with Crippen LogP contribution in [-0.2, 0) is 14.3 Å². The summed E-state index contributed by atoms with van der Waals surface area (Å²) in [4.78, 5) is 11.2. The van der Waals surface area contributed by atoms with Crippen molar-refractivity contribution in [1.82, 2.24) is 0 Å². The highest BCUT2D eigenvalue weighted by atomic mass is 16.6. The predicted molar refractivity (Wildman–Crippen MR) is 44.8 cm³/mol. The van der Waals surface area contributed by atoms with Crippen LogP contribution < -0.4 is 0 Å². The smallest absolute Gasteiger partial charge is 0.335 e. The van der Waals surface area contributed by atoms with E-state index in [4.69, 9.17) is 9.47 Å². The summed E-state index contributed by atoms with van der Waals surface area (Å²) in [5.41, 5.74) is 0. The van der Waals surface area contributed by atoms with Crippen LogP contribution in [0, 0.1) is 5.92 Å². The molecule has 1 fully saturated rings. The molecule has 70 valence electrons. The van der Waals surface area contributed by atoms with Gasteiger partial charge in [-0.05, 0) is 18.8 Å². The summed E-state index contributed by atoms with van der Waals surface area (Å²) in [5.74, 6) is 0.205. The van der Waals surface area contributed by atoms with Gasteiger partial charge in [0.25, 0.3) is 0 Å². The molecule has 1 saturated heterocycles. The third-order valence-electron chi connectivity index (χ3n) is 1.75. The van der Waals surface area contributed by atoms with Crippen LogP contribution in [-0.4, -0.2) is 25.3 Å². The van der Waals surface area contributed by atoms with Gasteiger partial charge in [-0.15, -0.1) is 0 Å². The molecular formula is C9H16O3. The Hall–Kier alpha value is -0.570. The lowest BCUT2D eigenvalue weighted by Gasteiger charge is -2.10. The minimum absolute atomic E-state index is 0.193. The van der Waals surface area contributed by atoms with Crippen LogP contribution in [0.1, 0.15) is 26.7 Å². The number of rotatable bonds is 3. The second-order valence-electron chi connectivity index (χ2n) is 3.53. The molecule has 1 aliphatic rings. The third kappa shape index (κ3) is 2.81. The first-order valence-electron chi connectivity index (χ1n) is 4.48. The quantitative estimate of drug-likeness (QED) is 0.603. The van der Waals surface area contributed by atoms with E-state index in [0.717, 1.165) is 12.8 Å². The van der Waals surface area contributed by atoms with Crippen molar-refractivity contribution in [1.29, 1.82) is 0 Å². The highest BCUT2D eigenvalue weighted by molar-refractivity contribution is 5.74. The normalized spacial score (nSPS) is 23.1. The molecule has 1 aliphatic heterocycles. The van der Waals surface area contributed by atoms with Gasteiger partial charge < -0.3 is 9.47 Å². The topological polar surface area (TPSA) is 35.5 Å². The van der Waals surface area contributed by atoms with Crippen molar-refractivity contribution in [3.05, 3.63) is 0 Å². The number of hydrogen-bond acceptors (Lipinski definition) is 3. The van der Waals surface area contributed by atoms with E-state index >= 15 is 0 Å². The van der Waals surface area contributed by atoms with E-state index < -0.39 is 0 Å². The Balaban J connectivity index is 2.18.